The van der Waals surface area contributed by atoms with Crippen LogP contribution in [0.25, 0.3) is 34.2 Å². The number of ether oxygens (including phenoxy) is 6. The molecule has 1 aromatic heterocycles. The molecule has 12 heteroatoms. The maximum Gasteiger partial charge on any atom is 0.164 e. The Morgan fingerprint density at radius 3 is 1.30 bits per heavy atom. The van der Waals surface area contributed by atoms with Crippen molar-refractivity contribution in [1.82, 2.24) is 15.0 Å². The molecule has 0 amide bonds. The fourth-order valence-electron chi connectivity index (χ4n) is 10.5. The molecule has 6 aliphatic heterocycles. The first kappa shape index (κ1) is 36.6. The van der Waals surface area contributed by atoms with Crippen LogP contribution in [-0.2, 0) is 0 Å². The Kier molecular flexibility index (Phi) is 7.18. The van der Waals surface area contributed by atoms with Crippen LogP contribution in [0.4, 0.5) is 45.5 Å². The molecule has 0 saturated carbocycles. The van der Waals surface area contributed by atoms with E-state index >= 15 is 0 Å². The lowest BCUT2D eigenvalue weighted by atomic mass is 9.95. The zero-order chi connectivity index (χ0) is 44.9. The van der Waals surface area contributed by atoms with Gasteiger partial charge in [0.2, 0.25) is 0 Å². The molecule has 1 aliphatic carbocycles. The fourth-order valence-corrected chi connectivity index (χ4v) is 10.5. The van der Waals surface area contributed by atoms with Crippen LogP contribution in [-0.4, -0.2) is 27.1 Å². The standard InChI is InChI=1S/C57H32N6O6/c1-4-13-40-34(10-1)61-37-25-22-31(28-49(37)67-46-19-7-16-43(64-40)52(46)61)55-58-56(32-23-26-38-50(29-32)68-47-20-8-17-44-53(47)62(38)35-11-2-5-14-41(35)65-44)60-57(59-55)33-24-27-39-51(30-33)69-48-21-9-18-45-54(48)63(39)36-12-3-6-15-42(36)66-45/h1-30,43,52H. The van der Waals surface area contributed by atoms with Crippen molar-refractivity contribution >= 4 is 45.5 Å². The minimum absolute atomic E-state index is 0.148. The molecule has 0 spiro atoms. The van der Waals surface area contributed by atoms with E-state index in [0.29, 0.717) is 46.2 Å². The van der Waals surface area contributed by atoms with E-state index in [-0.39, 0.29) is 12.1 Å². The molecule has 0 saturated heterocycles. The molecular weight excluding hydrogens is 865 g/mol. The number of hydrogen-bond donors (Lipinski definition) is 0. The van der Waals surface area contributed by atoms with Gasteiger partial charge in [-0.25, -0.2) is 15.0 Å². The first-order chi connectivity index (χ1) is 34.1. The first-order valence-electron chi connectivity index (χ1n) is 22.7. The van der Waals surface area contributed by atoms with E-state index in [2.05, 4.69) is 57.2 Å². The van der Waals surface area contributed by atoms with Crippen LogP contribution in [0.15, 0.2) is 188 Å². The number of nitrogens with zero attached hydrogens (tertiary/aromatic N) is 6. The zero-order valence-corrected chi connectivity index (χ0v) is 36.1. The average Bonchev–Trinajstić information content (AvgIpc) is 3.40. The van der Waals surface area contributed by atoms with Crippen molar-refractivity contribution in [1.29, 1.82) is 0 Å². The molecule has 12 nitrogen and oxygen atoms in total. The molecule has 0 bridgehead atoms. The molecule has 7 aliphatic rings. The van der Waals surface area contributed by atoms with Crippen LogP contribution < -0.4 is 43.1 Å². The van der Waals surface area contributed by atoms with Gasteiger partial charge >= 0.3 is 0 Å². The van der Waals surface area contributed by atoms with Crippen LogP contribution in [0.1, 0.15) is 0 Å². The number of anilines is 8. The van der Waals surface area contributed by atoms with Gasteiger partial charge in [0.25, 0.3) is 0 Å². The monoisotopic (exact) mass is 896 g/mol. The van der Waals surface area contributed by atoms with Crippen molar-refractivity contribution in [3.05, 3.63) is 188 Å². The minimum atomic E-state index is -0.204. The van der Waals surface area contributed by atoms with Crippen molar-refractivity contribution in [3.63, 3.8) is 0 Å². The van der Waals surface area contributed by atoms with Gasteiger partial charge in [-0.1, -0.05) is 54.6 Å². The van der Waals surface area contributed by atoms with Crippen LogP contribution in [0, 0.1) is 0 Å². The van der Waals surface area contributed by atoms with Crippen LogP contribution in [0.2, 0.25) is 0 Å². The quantitative estimate of drug-likeness (QED) is 0.169. The lowest BCUT2D eigenvalue weighted by molar-refractivity contribution is 0.182. The molecule has 0 fully saturated rings. The first-order valence-corrected chi connectivity index (χ1v) is 22.7. The molecule has 16 rings (SSSR count). The van der Waals surface area contributed by atoms with Gasteiger partial charge in [0.1, 0.15) is 35.0 Å². The third-order valence-corrected chi connectivity index (χ3v) is 13.6. The average molecular weight is 897 g/mol. The van der Waals surface area contributed by atoms with E-state index in [0.717, 1.165) is 96.7 Å². The van der Waals surface area contributed by atoms with E-state index in [1.807, 2.05) is 140 Å². The van der Waals surface area contributed by atoms with E-state index in [1.165, 1.54) is 0 Å². The lowest BCUT2D eigenvalue weighted by Crippen LogP contribution is -2.51. The van der Waals surface area contributed by atoms with Crippen molar-refractivity contribution in [2.75, 3.05) is 14.7 Å². The van der Waals surface area contributed by atoms with Crippen molar-refractivity contribution < 1.29 is 28.4 Å². The minimum Gasteiger partial charge on any atom is -0.481 e. The number of para-hydroxylation sites is 8. The number of benzene rings is 8. The summed E-state index contributed by atoms with van der Waals surface area (Å²) in [7, 11) is 0. The zero-order valence-electron chi connectivity index (χ0n) is 36.1. The number of rotatable bonds is 3. The van der Waals surface area contributed by atoms with Crippen LogP contribution in [0.5, 0.6) is 57.5 Å². The summed E-state index contributed by atoms with van der Waals surface area (Å²) in [6.45, 7) is 0. The molecular formula is C57H32N6O6. The van der Waals surface area contributed by atoms with Gasteiger partial charge in [0.05, 0.1) is 34.1 Å². The smallest absolute Gasteiger partial charge is 0.164 e. The Labute approximate surface area is 393 Å². The van der Waals surface area contributed by atoms with Crippen LogP contribution in [0.3, 0.4) is 0 Å². The summed E-state index contributed by atoms with van der Waals surface area (Å²) in [6, 6.07) is 54.1. The third kappa shape index (κ3) is 5.24. The number of allylic oxidation sites excluding steroid dienone is 2. The van der Waals surface area contributed by atoms with E-state index in [9.17, 15) is 0 Å². The second-order valence-electron chi connectivity index (χ2n) is 17.5. The normalized spacial score (nSPS) is 17.0. The second-order valence-corrected chi connectivity index (χ2v) is 17.5. The Balaban J connectivity index is 0.855. The predicted molar refractivity (Wildman–Crippen MR) is 260 cm³/mol. The summed E-state index contributed by atoms with van der Waals surface area (Å²) >= 11 is 0. The molecule has 9 aromatic rings. The van der Waals surface area contributed by atoms with Crippen molar-refractivity contribution in [2.45, 2.75) is 12.1 Å². The molecule has 8 aromatic carbocycles. The maximum atomic E-state index is 6.74. The van der Waals surface area contributed by atoms with Gasteiger partial charge in [-0.2, -0.15) is 0 Å². The molecule has 2 unspecified atom stereocenters. The van der Waals surface area contributed by atoms with Gasteiger partial charge in [0.15, 0.2) is 69.2 Å². The van der Waals surface area contributed by atoms with Crippen LogP contribution >= 0.6 is 0 Å². The number of hydrogen-bond acceptors (Lipinski definition) is 12. The largest absolute Gasteiger partial charge is 0.481 e. The summed E-state index contributed by atoms with van der Waals surface area (Å²) in [4.78, 5) is 22.4. The highest BCUT2D eigenvalue weighted by Crippen LogP contribution is 2.62. The summed E-state index contributed by atoms with van der Waals surface area (Å²) < 4.78 is 39.2. The molecule has 0 N–H and O–H groups in total. The SMILES string of the molecule is C1=CC2Oc3ccccc3N3c4ccc(-c5nc(-c6ccc7c(c6)Oc6cccc8c6N7c6ccccc6O8)nc(-c6ccc7c(c6)Oc6cccc8c6N7c6ccccc6O8)n5)cc4OC(=C1)C23. The summed E-state index contributed by atoms with van der Waals surface area (Å²) in [5, 5.41) is 0. The Bertz CT molecular complexity index is 3660. The highest BCUT2D eigenvalue weighted by Gasteiger charge is 2.44. The molecule has 326 valence electrons. The fraction of sp³-hybridized carbons (Fsp3) is 0.0351. The highest BCUT2D eigenvalue weighted by atomic mass is 16.5. The van der Waals surface area contributed by atoms with E-state index < -0.39 is 0 Å². The molecule has 69 heavy (non-hydrogen) atoms. The van der Waals surface area contributed by atoms with Crippen molar-refractivity contribution in [3.8, 4) is 91.7 Å². The Morgan fingerprint density at radius 1 is 0.362 bits per heavy atom. The maximum absolute atomic E-state index is 6.74. The topological polar surface area (TPSA) is 104 Å². The van der Waals surface area contributed by atoms with E-state index in [4.69, 9.17) is 43.4 Å². The summed E-state index contributed by atoms with van der Waals surface area (Å²) in [6.07, 6.45) is 5.89. The van der Waals surface area contributed by atoms with E-state index in [1.54, 1.807) is 0 Å². The van der Waals surface area contributed by atoms with Gasteiger partial charge in [-0.15, -0.1) is 0 Å². The molecule has 2 atom stereocenters. The Hall–Kier alpha value is -9.55. The molecule has 0 radical (unpaired) electrons. The third-order valence-electron chi connectivity index (χ3n) is 13.6. The number of fused-ring (bicyclic) bond motifs is 12. The number of aromatic nitrogens is 3. The van der Waals surface area contributed by atoms with Gasteiger partial charge in [-0.05, 0) is 127 Å². The highest BCUT2D eigenvalue weighted by molar-refractivity contribution is 5.96. The summed E-state index contributed by atoms with van der Waals surface area (Å²) in [5.41, 5.74) is 9.43. The second kappa shape index (κ2) is 13.5. The lowest BCUT2D eigenvalue weighted by Gasteiger charge is -2.47. The predicted octanol–water partition coefficient (Wildman–Crippen LogP) is 14.3. The summed E-state index contributed by atoms with van der Waals surface area (Å²) in [5.74, 6) is 9.34. The van der Waals surface area contributed by atoms with Gasteiger partial charge < -0.3 is 33.3 Å². The molecule has 7 heterocycles. The van der Waals surface area contributed by atoms with Gasteiger partial charge in [-0.3, -0.25) is 9.80 Å². The Morgan fingerprint density at radius 2 is 0.768 bits per heavy atom. The van der Waals surface area contributed by atoms with Crippen molar-refractivity contribution in [2.24, 2.45) is 0 Å². The van der Waals surface area contributed by atoms with Gasteiger partial charge in [0, 0.05) is 16.7 Å².